The van der Waals surface area contributed by atoms with E-state index in [1.54, 1.807) is 0 Å². The van der Waals surface area contributed by atoms with Crippen molar-refractivity contribution < 1.29 is 33.7 Å². The van der Waals surface area contributed by atoms with Gasteiger partial charge in [0.05, 0.1) is 12.1 Å². The molecule has 5 N–H and O–H groups in total. The maximum atomic E-state index is 14.1. The van der Waals surface area contributed by atoms with Gasteiger partial charge in [-0.2, -0.15) is 0 Å². The lowest BCUT2D eigenvalue weighted by molar-refractivity contribution is 0.0695. The smallest absolute Gasteiger partial charge is 0.342 e. The van der Waals surface area contributed by atoms with Crippen LogP contribution < -0.4 is 20.8 Å². The summed E-state index contributed by atoms with van der Waals surface area (Å²) in [5.74, 6) is -4.10. The fraction of sp³-hybridized carbons (Fsp3) is 0.0952. The van der Waals surface area contributed by atoms with E-state index in [2.05, 4.69) is 0 Å². The van der Waals surface area contributed by atoms with Crippen molar-refractivity contribution in [2.75, 3.05) is 12.8 Å². The number of methoxy groups -OCH3 is 1. The Labute approximate surface area is 184 Å². The highest BCUT2D eigenvalue weighted by Crippen LogP contribution is 2.37. The number of halogens is 2. The molecule has 11 heteroatoms. The number of pyridine rings is 1. The number of benzene rings is 2. The standard InChI is InChI=1S/C21H16ClFN2O7/c1-31-13-6-5-9(7-14(13)32-8-10-11(22)3-2-4-12(10)23)15-16(20(27)28)18(24)25-19(26)17(15)21(29)30/h2-7H,8H2,1H3,(H,27,28)(H,29,30)(H3,24,25,26). The average Bonchev–Trinajstić information content (AvgIpc) is 2.72. The number of carboxylic acids is 2. The summed E-state index contributed by atoms with van der Waals surface area (Å²) in [5, 5.41) is 19.2. The van der Waals surface area contributed by atoms with Crippen molar-refractivity contribution >= 4 is 29.4 Å². The highest BCUT2D eigenvalue weighted by molar-refractivity contribution is 6.31. The number of hydrogen-bond acceptors (Lipinski definition) is 6. The Morgan fingerprint density at radius 2 is 1.81 bits per heavy atom. The molecular formula is C21H16ClFN2O7. The first-order chi connectivity index (χ1) is 15.1. The molecule has 32 heavy (non-hydrogen) atoms. The summed E-state index contributed by atoms with van der Waals surface area (Å²) in [7, 11) is 1.34. The largest absolute Gasteiger partial charge is 0.493 e. The number of carboxylic acid groups (broad SMARTS) is 2. The Bertz CT molecular complexity index is 1270. The number of hydrogen-bond donors (Lipinski definition) is 4. The lowest BCUT2D eigenvalue weighted by Gasteiger charge is -2.16. The summed E-state index contributed by atoms with van der Waals surface area (Å²) in [6.07, 6.45) is 0. The maximum Gasteiger partial charge on any atom is 0.342 e. The van der Waals surface area contributed by atoms with Crippen molar-refractivity contribution in [2.45, 2.75) is 6.61 Å². The third-order valence-electron chi connectivity index (χ3n) is 4.56. The van der Waals surface area contributed by atoms with Crippen LogP contribution in [0.5, 0.6) is 11.5 Å². The summed E-state index contributed by atoms with van der Waals surface area (Å²) in [5.41, 5.74) is 2.82. The molecule has 1 aromatic heterocycles. The van der Waals surface area contributed by atoms with Gasteiger partial charge >= 0.3 is 11.9 Å². The second-order valence-electron chi connectivity index (χ2n) is 6.46. The summed E-state index contributed by atoms with van der Waals surface area (Å²) in [6.45, 7) is -0.305. The Hall–Kier alpha value is -4.05. The zero-order valence-electron chi connectivity index (χ0n) is 16.4. The molecule has 0 saturated heterocycles. The van der Waals surface area contributed by atoms with Crippen molar-refractivity contribution in [3.05, 3.63) is 74.3 Å². The van der Waals surface area contributed by atoms with Gasteiger partial charge in [0, 0.05) is 11.1 Å². The van der Waals surface area contributed by atoms with Crippen LogP contribution in [0.25, 0.3) is 11.1 Å². The predicted molar refractivity (Wildman–Crippen MR) is 113 cm³/mol. The molecule has 2 aromatic carbocycles. The van der Waals surface area contributed by atoms with Gasteiger partial charge in [0.2, 0.25) is 0 Å². The number of nitrogen functional groups attached to an aromatic ring is 1. The van der Waals surface area contributed by atoms with E-state index in [0.717, 1.165) is 0 Å². The number of aromatic amines is 1. The molecular weight excluding hydrogens is 447 g/mol. The monoisotopic (exact) mass is 462 g/mol. The van der Waals surface area contributed by atoms with Crippen LogP contribution in [-0.4, -0.2) is 34.2 Å². The van der Waals surface area contributed by atoms with Gasteiger partial charge in [-0.15, -0.1) is 0 Å². The summed E-state index contributed by atoms with van der Waals surface area (Å²) < 4.78 is 24.9. The molecule has 0 saturated carbocycles. The molecule has 3 rings (SSSR count). The van der Waals surface area contributed by atoms with Crippen molar-refractivity contribution in [2.24, 2.45) is 0 Å². The molecule has 0 aliphatic rings. The number of carbonyl (C=O) groups is 2. The van der Waals surface area contributed by atoms with Crippen LogP contribution in [0.2, 0.25) is 5.02 Å². The van der Waals surface area contributed by atoms with Gasteiger partial charge in [0.15, 0.2) is 11.5 Å². The zero-order valence-corrected chi connectivity index (χ0v) is 17.2. The molecule has 1 heterocycles. The van der Waals surface area contributed by atoms with Gasteiger partial charge in [-0.3, -0.25) is 4.79 Å². The van der Waals surface area contributed by atoms with E-state index in [-0.39, 0.29) is 34.3 Å². The summed E-state index contributed by atoms with van der Waals surface area (Å²) in [4.78, 5) is 37.8. The quantitative estimate of drug-likeness (QED) is 0.417. The first kappa shape index (κ1) is 22.6. The number of rotatable bonds is 7. The number of aromatic nitrogens is 1. The van der Waals surface area contributed by atoms with Crippen LogP contribution in [0.1, 0.15) is 26.3 Å². The van der Waals surface area contributed by atoms with Gasteiger partial charge < -0.3 is 30.4 Å². The zero-order chi connectivity index (χ0) is 23.6. The molecule has 0 aliphatic carbocycles. The van der Waals surface area contributed by atoms with Gasteiger partial charge in [-0.1, -0.05) is 23.7 Å². The summed E-state index contributed by atoms with van der Waals surface area (Å²) in [6, 6.07) is 8.10. The number of ether oxygens (including phenoxy) is 2. The third kappa shape index (κ3) is 4.21. The average molecular weight is 463 g/mol. The van der Waals surface area contributed by atoms with Crippen molar-refractivity contribution in [1.82, 2.24) is 4.98 Å². The van der Waals surface area contributed by atoms with Crippen LogP contribution in [0.4, 0.5) is 10.2 Å². The third-order valence-corrected chi connectivity index (χ3v) is 4.91. The molecule has 0 fully saturated rings. The minimum absolute atomic E-state index is 0.00744. The fourth-order valence-corrected chi connectivity index (χ4v) is 3.32. The SMILES string of the molecule is COc1ccc(-c2c(C(=O)O)c(N)[nH]c(=O)c2C(=O)O)cc1OCc1c(F)cccc1Cl. The van der Waals surface area contributed by atoms with Gasteiger partial charge in [0.25, 0.3) is 5.56 Å². The molecule has 0 radical (unpaired) electrons. The number of H-pyrrole nitrogens is 1. The van der Waals surface area contributed by atoms with Crippen LogP contribution in [0.15, 0.2) is 41.2 Å². The Balaban J connectivity index is 2.18. The van der Waals surface area contributed by atoms with E-state index in [1.165, 1.54) is 43.5 Å². The molecule has 166 valence electrons. The van der Waals surface area contributed by atoms with Crippen molar-refractivity contribution in [3.8, 4) is 22.6 Å². The minimum Gasteiger partial charge on any atom is -0.493 e. The molecule has 0 bridgehead atoms. The molecule has 3 aromatic rings. The molecule has 9 nitrogen and oxygen atoms in total. The van der Waals surface area contributed by atoms with E-state index in [9.17, 15) is 29.0 Å². The number of aromatic carboxylic acids is 2. The van der Waals surface area contributed by atoms with Crippen LogP contribution in [-0.2, 0) is 6.61 Å². The van der Waals surface area contributed by atoms with Gasteiger partial charge in [0.1, 0.15) is 29.4 Å². The second kappa shape index (κ2) is 8.98. The topological polar surface area (TPSA) is 152 Å². The number of nitrogens with one attached hydrogen (secondary N) is 1. The highest BCUT2D eigenvalue weighted by Gasteiger charge is 2.27. The summed E-state index contributed by atoms with van der Waals surface area (Å²) >= 11 is 6.01. The molecule has 0 atom stereocenters. The Morgan fingerprint density at radius 1 is 1.12 bits per heavy atom. The van der Waals surface area contributed by atoms with Gasteiger partial charge in [-0.25, -0.2) is 14.0 Å². The molecule has 0 amide bonds. The van der Waals surface area contributed by atoms with Crippen LogP contribution in [0.3, 0.4) is 0 Å². The second-order valence-corrected chi connectivity index (χ2v) is 6.86. The maximum absolute atomic E-state index is 14.1. The molecule has 0 aliphatic heterocycles. The first-order valence-electron chi connectivity index (χ1n) is 8.92. The van der Waals surface area contributed by atoms with E-state index in [0.29, 0.717) is 0 Å². The normalized spacial score (nSPS) is 10.6. The Kier molecular flexibility index (Phi) is 6.35. The van der Waals surface area contributed by atoms with Gasteiger partial charge in [-0.05, 0) is 29.8 Å². The van der Waals surface area contributed by atoms with E-state index in [4.69, 9.17) is 26.8 Å². The highest BCUT2D eigenvalue weighted by atomic mass is 35.5. The van der Waals surface area contributed by atoms with Crippen molar-refractivity contribution in [3.63, 3.8) is 0 Å². The van der Waals surface area contributed by atoms with Crippen molar-refractivity contribution in [1.29, 1.82) is 0 Å². The van der Waals surface area contributed by atoms with Crippen LogP contribution >= 0.6 is 11.6 Å². The predicted octanol–water partition coefficient (Wildman–Crippen LogP) is 3.40. The molecule has 0 unspecified atom stereocenters. The lowest BCUT2D eigenvalue weighted by atomic mass is 9.95. The molecule has 0 spiro atoms. The fourth-order valence-electron chi connectivity index (χ4n) is 3.10. The van der Waals surface area contributed by atoms with E-state index < -0.39 is 45.8 Å². The lowest BCUT2D eigenvalue weighted by Crippen LogP contribution is -2.24. The number of nitrogens with two attached hydrogens (primary N) is 1. The first-order valence-corrected chi connectivity index (χ1v) is 9.29. The number of anilines is 1. The Morgan fingerprint density at radius 3 is 2.41 bits per heavy atom. The van der Waals surface area contributed by atoms with E-state index in [1.807, 2.05) is 4.98 Å². The van der Waals surface area contributed by atoms with E-state index >= 15 is 0 Å². The minimum atomic E-state index is -1.65. The van der Waals surface area contributed by atoms with Crippen LogP contribution in [0, 0.1) is 5.82 Å².